The quantitative estimate of drug-likeness (QED) is 0.766. The highest BCUT2D eigenvalue weighted by Crippen LogP contribution is 2.22. The number of methoxy groups -OCH3 is 1. The van der Waals surface area contributed by atoms with E-state index in [-0.39, 0.29) is 12.2 Å². The standard InChI is InChI=1S/C14H19NO2S/c1-10-8-15(9-11(2)17-10)14(18)12-6-4-5-7-13(12)16-3/h4-7,10-11H,8-9H2,1-3H3. The highest BCUT2D eigenvalue weighted by molar-refractivity contribution is 7.80. The van der Waals surface area contributed by atoms with Crippen molar-refractivity contribution in [3.63, 3.8) is 0 Å². The van der Waals surface area contributed by atoms with Crippen molar-refractivity contribution in [2.75, 3.05) is 20.2 Å². The fourth-order valence-electron chi connectivity index (χ4n) is 2.34. The first-order chi connectivity index (χ1) is 8.61. The molecule has 0 aromatic heterocycles. The van der Waals surface area contributed by atoms with Crippen molar-refractivity contribution in [1.82, 2.24) is 4.90 Å². The Hall–Kier alpha value is -1.13. The maximum absolute atomic E-state index is 5.73. The van der Waals surface area contributed by atoms with Crippen LogP contribution in [0.25, 0.3) is 0 Å². The number of morpholine rings is 1. The van der Waals surface area contributed by atoms with Gasteiger partial charge in [-0.25, -0.2) is 0 Å². The van der Waals surface area contributed by atoms with Crippen LogP contribution in [-0.2, 0) is 4.74 Å². The number of nitrogens with zero attached hydrogens (tertiary/aromatic N) is 1. The molecule has 3 nitrogen and oxygen atoms in total. The summed E-state index contributed by atoms with van der Waals surface area (Å²) in [5.41, 5.74) is 0.983. The molecule has 0 saturated carbocycles. The summed E-state index contributed by atoms with van der Waals surface area (Å²) in [5.74, 6) is 0.828. The van der Waals surface area contributed by atoms with Gasteiger partial charge < -0.3 is 14.4 Å². The predicted octanol–water partition coefficient (Wildman–Crippen LogP) is 2.48. The Bertz CT molecular complexity index is 426. The summed E-state index contributed by atoms with van der Waals surface area (Å²) in [4.78, 5) is 3.04. The van der Waals surface area contributed by atoms with Gasteiger partial charge in [0.1, 0.15) is 10.7 Å². The Balaban J connectivity index is 2.20. The van der Waals surface area contributed by atoms with Gasteiger partial charge in [-0.1, -0.05) is 24.4 Å². The first-order valence-corrected chi connectivity index (χ1v) is 6.60. The Morgan fingerprint density at radius 1 is 1.28 bits per heavy atom. The molecular weight excluding hydrogens is 246 g/mol. The van der Waals surface area contributed by atoms with Crippen molar-refractivity contribution in [2.24, 2.45) is 0 Å². The third-order valence-electron chi connectivity index (χ3n) is 3.04. The molecule has 0 amide bonds. The highest BCUT2D eigenvalue weighted by atomic mass is 32.1. The second kappa shape index (κ2) is 5.67. The molecule has 4 heteroatoms. The molecule has 1 aromatic carbocycles. The van der Waals surface area contributed by atoms with Gasteiger partial charge in [-0.15, -0.1) is 0 Å². The second-order valence-electron chi connectivity index (χ2n) is 4.67. The van der Waals surface area contributed by atoms with E-state index in [1.807, 2.05) is 24.3 Å². The lowest BCUT2D eigenvalue weighted by molar-refractivity contribution is -0.0472. The first kappa shape index (κ1) is 13.3. The van der Waals surface area contributed by atoms with E-state index in [4.69, 9.17) is 21.7 Å². The SMILES string of the molecule is COc1ccccc1C(=S)N1CC(C)OC(C)C1. The van der Waals surface area contributed by atoms with E-state index in [1.165, 1.54) is 0 Å². The van der Waals surface area contributed by atoms with Crippen LogP contribution in [0.3, 0.4) is 0 Å². The molecular formula is C14H19NO2S. The van der Waals surface area contributed by atoms with Crippen LogP contribution in [0.15, 0.2) is 24.3 Å². The monoisotopic (exact) mass is 265 g/mol. The van der Waals surface area contributed by atoms with Gasteiger partial charge in [-0.05, 0) is 26.0 Å². The van der Waals surface area contributed by atoms with Crippen LogP contribution in [0, 0.1) is 0 Å². The summed E-state index contributed by atoms with van der Waals surface area (Å²) in [6.45, 7) is 5.82. The Morgan fingerprint density at radius 3 is 2.50 bits per heavy atom. The van der Waals surface area contributed by atoms with Gasteiger partial charge in [0, 0.05) is 13.1 Å². The number of rotatable bonds is 2. The molecule has 0 spiro atoms. The van der Waals surface area contributed by atoms with Gasteiger partial charge in [-0.3, -0.25) is 0 Å². The molecule has 0 N–H and O–H groups in total. The highest BCUT2D eigenvalue weighted by Gasteiger charge is 2.25. The number of hydrogen-bond donors (Lipinski definition) is 0. The smallest absolute Gasteiger partial charge is 0.129 e. The Labute approximate surface area is 114 Å². The number of para-hydroxylation sites is 1. The first-order valence-electron chi connectivity index (χ1n) is 6.19. The molecule has 18 heavy (non-hydrogen) atoms. The zero-order valence-corrected chi connectivity index (χ0v) is 11.9. The van der Waals surface area contributed by atoms with Crippen molar-refractivity contribution in [3.05, 3.63) is 29.8 Å². The number of hydrogen-bond acceptors (Lipinski definition) is 3. The van der Waals surface area contributed by atoms with E-state index in [9.17, 15) is 0 Å². The Morgan fingerprint density at radius 2 is 1.89 bits per heavy atom. The van der Waals surface area contributed by atoms with Gasteiger partial charge in [0.25, 0.3) is 0 Å². The summed E-state index contributed by atoms with van der Waals surface area (Å²) in [6, 6.07) is 7.88. The average molecular weight is 265 g/mol. The zero-order valence-electron chi connectivity index (χ0n) is 11.1. The third-order valence-corrected chi connectivity index (χ3v) is 3.52. The Kier molecular flexibility index (Phi) is 4.19. The van der Waals surface area contributed by atoms with Crippen molar-refractivity contribution in [3.8, 4) is 5.75 Å². The number of ether oxygens (including phenoxy) is 2. The van der Waals surface area contributed by atoms with Crippen LogP contribution in [0.1, 0.15) is 19.4 Å². The van der Waals surface area contributed by atoms with Gasteiger partial charge in [-0.2, -0.15) is 0 Å². The van der Waals surface area contributed by atoms with Crippen LogP contribution < -0.4 is 4.74 Å². The molecule has 0 radical (unpaired) electrons. The van der Waals surface area contributed by atoms with Gasteiger partial charge in [0.2, 0.25) is 0 Å². The summed E-state index contributed by atoms with van der Waals surface area (Å²) < 4.78 is 11.1. The maximum atomic E-state index is 5.73. The largest absolute Gasteiger partial charge is 0.496 e. The van der Waals surface area contributed by atoms with Gasteiger partial charge in [0.05, 0.1) is 24.9 Å². The third kappa shape index (κ3) is 2.82. The molecule has 0 aliphatic carbocycles. The van der Waals surface area contributed by atoms with E-state index in [0.29, 0.717) is 0 Å². The second-order valence-corrected chi connectivity index (χ2v) is 5.05. The predicted molar refractivity (Wildman–Crippen MR) is 76.3 cm³/mol. The van der Waals surface area contributed by atoms with Crippen LogP contribution >= 0.6 is 12.2 Å². The topological polar surface area (TPSA) is 21.7 Å². The molecule has 1 fully saturated rings. The maximum Gasteiger partial charge on any atom is 0.129 e. The molecule has 2 rings (SSSR count). The van der Waals surface area contributed by atoms with Crippen molar-refractivity contribution < 1.29 is 9.47 Å². The lowest BCUT2D eigenvalue weighted by atomic mass is 10.1. The number of thiocarbonyl (C=S) groups is 1. The number of benzene rings is 1. The summed E-state index contributed by atoms with van der Waals surface area (Å²) in [5, 5.41) is 0. The van der Waals surface area contributed by atoms with Crippen LogP contribution in [0.2, 0.25) is 0 Å². The molecule has 1 aliphatic rings. The molecule has 1 heterocycles. The van der Waals surface area contributed by atoms with E-state index in [1.54, 1.807) is 7.11 Å². The van der Waals surface area contributed by atoms with Crippen LogP contribution in [0.5, 0.6) is 5.75 Å². The average Bonchev–Trinajstić information content (AvgIpc) is 2.36. The zero-order chi connectivity index (χ0) is 13.1. The van der Waals surface area contributed by atoms with Crippen LogP contribution in [0.4, 0.5) is 0 Å². The molecule has 2 atom stereocenters. The normalized spacial score (nSPS) is 23.8. The summed E-state index contributed by atoms with van der Waals surface area (Å²) in [7, 11) is 1.67. The van der Waals surface area contributed by atoms with E-state index >= 15 is 0 Å². The van der Waals surface area contributed by atoms with E-state index in [0.717, 1.165) is 29.4 Å². The molecule has 1 aliphatic heterocycles. The minimum Gasteiger partial charge on any atom is -0.496 e. The lowest BCUT2D eigenvalue weighted by Gasteiger charge is -2.37. The minimum absolute atomic E-state index is 0.210. The van der Waals surface area contributed by atoms with Crippen molar-refractivity contribution in [1.29, 1.82) is 0 Å². The van der Waals surface area contributed by atoms with E-state index in [2.05, 4.69) is 18.7 Å². The van der Waals surface area contributed by atoms with Crippen LogP contribution in [-0.4, -0.2) is 42.3 Å². The lowest BCUT2D eigenvalue weighted by Crippen LogP contribution is -2.47. The molecule has 1 aromatic rings. The molecule has 2 unspecified atom stereocenters. The fourth-order valence-corrected chi connectivity index (χ4v) is 2.65. The summed E-state index contributed by atoms with van der Waals surface area (Å²) >= 11 is 5.59. The molecule has 1 saturated heterocycles. The summed E-state index contributed by atoms with van der Waals surface area (Å²) in [6.07, 6.45) is 0.419. The van der Waals surface area contributed by atoms with E-state index < -0.39 is 0 Å². The van der Waals surface area contributed by atoms with Gasteiger partial charge >= 0.3 is 0 Å². The molecule has 98 valence electrons. The fraction of sp³-hybridized carbons (Fsp3) is 0.500. The minimum atomic E-state index is 0.210. The van der Waals surface area contributed by atoms with Gasteiger partial charge in [0.15, 0.2) is 0 Å². The van der Waals surface area contributed by atoms with Crippen molar-refractivity contribution in [2.45, 2.75) is 26.1 Å². The molecule has 0 bridgehead atoms. The van der Waals surface area contributed by atoms with Crippen molar-refractivity contribution >= 4 is 17.2 Å².